The second-order valence-electron chi connectivity index (χ2n) is 4.24. The molecule has 3 rings (SSSR count). The quantitative estimate of drug-likeness (QED) is 0.768. The van der Waals surface area contributed by atoms with Crippen LogP contribution in [0.2, 0.25) is 0 Å². The van der Waals surface area contributed by atoms with Gasteiger partial charge in [-0.2, -0.15) is 4.68 Å². The van der Waals surface area contributed by atoms with Gasteiger partial charge in [-0.1, -0.05) is 12.1 Å². The first kappa shape index (κ1) is 11.5. The molecule has 0 bridgehead atoms. The zero-order valence-electron chi connectivity index (χ0n) is 10.6. The Labute approximate surface area is 110 Å². The van der Waals surface area contributed by atoms with Crippen LogP contribution < -0.4 is 5.32 Å². The largest absolute Gasteiger partial charge is 0.378 e. The van der Waals surface area contributed by atoms with Crippen LogP contribution in [0.15, 0.2) is 48.9 Å². The highest BCUT2D eigenvalue weighted by Crippen LogP contribution is 2.19. The Morgan fingerprint density at radius 2 is 2.05 bits per heavy atom. The molecule has 19 heavy (non-hydrogen) atoms. The van der Waals surface area contributed by atoms with Gasteiger partial charge in [0.25, 0.3) is 0 Å². The average Bonchev–Trinajstić information content (AvgIpc) is 3.08. The number of nitrogens with one attached hydrogen (secondary N) is 1. The van der Waals surface area contributed by atoms with Crippen LogP contribution in [0.1, 0.15) is 5.69 Å². The van der Waals surface area contributed by atoms with E-state index in [9.17, 15) is 0 Å². The molecule has 0 spiro atoms. The van der Waals surface area contributed by atoms with Crippen molar-refractivity contribution in [2.24, 2.45) is 7.05 Å². The van der Waals surface area contributed by atoms with E-state index >= 15 is 0 Å². The topological polar surface area (TPSA) is 60.6 Å². The number of anilines is 1. The van der Waals surface area contributed by atoms with Crippen molar-refractivity contribution in [2.45, 2.75) is 6.54 Å². The highest BCUT2D eigenvalue weighted by molar-refractivity contribution is 5.60. The van der Waals surface area contributed by atoms with Gasteiger partial charge in [-0.15, -0.1) is 5.10 Å². The first-order valence-corrected chi connectivity index (χ1v) is 6.01. The van der Waals surface area contributed by atoms with Gasteiger partial charge >= 0.3 is 0 Å². The number of hydrogen-bond donors (Lipinski definition) is 1. The summed E-state index contributed by atoms with van der Waals surface area (Å²) in [6, 6.07) is 12.1. The Kier molecular flexibility index (Phi) is 2.97. The number of tetrazole rings is 1. The maximum atomic E-state index is 3.92. The van der Waals surface area contributed by atoms with Gasteiger partial charge in [0.15, 0.2) is 0 Å². The van der Waals surface area contributed by atoms with E-state index in [0.29, 0.717) is 0 Å². The normalized spacial score (nSPS) is 10.6. The van der Waals surface area contributed by atoms with Crippen LogP contribution in [0.4, 0.5) is 5.69 Å². The van der Waals surface area contributed by atoms with Crippen molar-refractivity contribution >= 4 is 5.69 Å². The lowest BCUT2D eigenvalue weighted by atomic mass is 10.2. The lowest BCUT2D eigenvalue weighted by Crippen LogP contribution is -2.07. The van der Waals surface area contributed by atoms with Crippen LogP contribution in [-0.4, -0.2) is 24.8 Å². The van der Waals surface area contributed by atoms with Gasteiger partial charge < -0.3 is 9.88 Å². The van der Waals surface area contributed by atoms with Crippen molar-refractivity contribution in [1.82, 2.24) is 24.8 Å². The van der Waals surface area contributed by atoms with E-state index in [-0.39, 0.29) is 0 Å². The van der Waals surface area contributed by atoms with E-state index in [1.807, 2.05) is 43.6 Å². The summed E-state index contributed by atoms with van der Waals surface area (Å²) in [7, 11) is 2.03. The summed E-state index contributed by atoms with van der Waals surface area (Å²) in [5.41, 5.74) is 3.14. The molecule has 1 aromatic carbocycles. The molecule has 3 aromatic rings. The predicted molar refractivity (Wildman–Crippen MR) is 71.9 cm³/mol. The van der Waals surface area contributed by atoms with E-state index < -0.39 is 0 Å². The molecule has 0 unspecified atom stereocenters. The zero-order chi connectivity index (χ0) is 13.1. The number of rotatable bonds is 4. The first-order valence-electron chi connectivity index (χ1n) is 6.01. The molecule has 0 aliphatic carbocycles. The standard InChI is InChI=1S/C13H14N6/c1-18-8-4-5-11(18)9-14-12-6-2-3-7-13(12)19-10-15-16-17-19/h2-8,10,14H,9H2,1H3. The lowest BCUT2D eigenvalue weighted by molar-refractivity contribution is 0.787. The first-order chi connectivity index (χ1) is 9.34. The van der Waals surface area contributed by atoms with Gasteiger partial charge in [-0.3, -0.25) is 0 Å². The summed E-state index contributed by atoms with van der Waals surface area (Å²) in [6.07, 6.45) is 3.62. The van der Waals surface area contributed by atoms with E-state index in [1.165, 1.54) is 5.69 Å². The van der Waals surface area contributed by atoms with Crippen molar-refractivity contribution in [3.05, 3.63) is 54.6 Å². The van der Waals surface area contributed by atoms with Crippen LogP contribution >= 0.6 is 0 Å². The Balaban J connectivity index is 1.84. The third kappa shape index (κ3) is 2.33. The van der Waals surface area contributed by atoms with Crippen molar-refractivity contribution in [3.8, 4) is 5.69 Å². The minimum absolute atomic E-state index is 0.753. The smallest absolute Gasteiger partial charge is 0.143 e. The molecular weight excluding hydrogens is 240 g/mol. The molecule has 6 nitrogen and oxygen atoms in total. The van der Waals surface area contributed by atoms with Gasteiger partial charge in [0, 0.05) is 18.9 Å². The minimum Gasteiger partial charge on any atom is -0.378 e. The number of benzene rings is 1. The van der Waals surface area contributed by atoms with Crippen LogP contribution in [0.5, 0.6) is 0 Å². The van der Waals surface area contributed by atoms with Crippen molar-refractivity contribution < 1.29 is 0 Å². The summed E-state index contributed by atoms with van der Waals surface area (Å²) >= 11 is 0. The van der Waals surface area contributed by atoms with Crippen LogP contribution in [0.25, 0.3) is 5.69 Å². The number of aromatic nitrogens is 5. The monoisotopic (exact) mass is 254 g/mol. The second-order valence-corrected chi connectivity index (χ2v) is 4.24. The third-order valence-corrected chi connectivity index (χ3v) is 3.01. The molecular formula is C13H14N6. The summed E-state index contributed by atoms with van der Waals surface area (Å²) in [5, 5.41) is 14.7. The molecule has 0 atom stereocenters. The second kappa shape index (κ2) is 4.93. The Bertz CT molecular complexity index is 655. The summed E-state index contributed by atoms with van der Waals surface area (Å²) in [6.45, 7) is 0.753. The summed E-state index contributed by atoms with van der Waals surface area (Å²) in [4.78, 5) is 0. The molecule has 2 heterocycles. The van der Waals surface area contributed by atoms with Gasteiger partial charge in [0.05, 0.1) is 17.9 Å². The van der Waals surface area contributed by atoms with E-state index in [4.69, 9.17) is 0 Å². The average molecular weight is 254 g/mol. The number of para-hydroxylation sites is 2. The fraction of sp³-hybridized carbons (Fsp3) is 0.154. The van der Waals surface area contributed by atoms with Gasteiger partial charge in [0.1, 0.15) is 6.33 Å². The van der Waals surface area contributed by atoms with Gasteiger partial charge in [-0.25, -0.2) is 0 Å². The maximum absolute atomic E-state index is 3.92. The van der Waals surface area contributed by atoms with E-state index in [0.717, 1.165) is 17.9 Å². The summed E-state index contributed by atoms with van der Waals surface area (Å²) in [5.74, 6) is 0. The third-order valence-electron chi connectivity index (χ3n) is 3.01. The Hall–Kier alpha value is -2.63. The molecule has 0 saturated heterocycles. The molecule has 2 aromatic heterocycles. The molecule has 0 aliphatic heterocycles. The van der Waals surface area contributed by atoms with Crippen molar-refractivity contribution in [3.63, 3.8) is 0 Å². The van der Waals surface area contributed by atoms with Crippen molar-refractivity contribution in [2.75, 3.05) is 5.32 Å². The Morgan fingerprint density at radius 1 is 1.16 bits per heavy atom. The fourth-order valence-corrected chi connectivity index (χ4v) is 1.96. The van der Waals surface area contributed by atoms with Gasteiger partial charge in [-0.05, 0) is 34.7 Å². The number of hydrogen-bond acceptors (Lipinski definition) is 4. The SMILES string of the molecule is Cn1cccc1CNc1ccccc1-n1cnnn1. The van der Waals surface area contributed by atoms with Crippen molar-refractivity contribution in [1.29, 1.82) is 0 Å². The van der Waals surface area contributed by atoms with Gasteiger partial charge in [0.2, 0.25) is 0 Å². The maximum Gasteiger partial charge on any atom is 0.143 e. The molecule has 0 saturated carbocycles. The fourth-order valence-electron chi connectivity index (χ4n) is 1.96. The molecule has 1 N–H and O–H groups in total. The molecule has 0 fully saturated rings. The summed E-state index contributed by atoms with van der Waals surface area (Å²) < 4.78 is 3.74. The van der Waals surface area contributed by atoms with Crippen LogP contribution in [-0.2, 0) is 13.6 Å². The van der Waals surface area contributed by atoms with E-state index in [2.05, 4.69) is 31.5 Å². The lowest BCUT2D eigenvalue weighted by Gasteiger charge is -2.11. The molecule has 0 aliphatic rings. The molecule has 96 valence electrons. The van der Waals surface area contributed by atoms with Crippen LogP contribution in [0, 0.1) is 0 Å². The molecule has 6 heteroatoms. The molecule has 0 amide bonds. The van der Waals surface area contributed by atoms with E-state index in [1.54, 1.807) is 11.0 Å². The Morgan fingerprint density at radius 3 is 2.79 bits per heavy atom. The zero-order valence-corrected chi connectivity index (χ0v) is 10.6. The predicted octanol–water partition coefficient (Wildman–Crippen LogP) is 1.61. The highest BCUT2D eigenvalue weighted by atomic mass is 15.5. The molecule has 0 radical (unpaired) electrons. The number of nitrogens with zero attached hydrogens (tertiary/aromatic N) is 5. The highest BCUT2D eigenvalue weighted by Gasteiger charge is 2.05. The van der Waals surface area contributed by atoms with Crippen LogP contribution in [0.3, 0.4) is 0 Å². The number of aryl methyl sites for hydroxylation is 1. The minimum atomic E-state index is 0.753.